The van der Waals surface area contributed by atoms with E-state index in [9.17, 15) is 0 Å². The van der Waals surface area contributed by atoms with Crippen LogP contribution in [0.4, 0.5) is 5.82 Å². The zero-order chi connectivity index (χ0) is 13.0. The van der Waals surface area contributed by atoms with Gasteiger partial charge in [0.25, 0.3) is 0 Å². The van der Waals surface area contributed by atoms with Crippen molar-refractivity contribution in [1.29, 1.82) is 0 Å². The number of aryl methyl sites for hydroxylation is 2. The lowest BCUT2D eigenvalue weighted by Gasteiger charge is -2.29. The molecule has 0 saturated heterocycles. The van der Waals surface area contributed by atoms with Crippen LogP contribution in [0, 0.1) is 6.92 Å². The Morgan fingerprint density at radius 1 is 1.33 bits per heavy atom. The zero-order valence-corrected chi connectivity index (χ0v) is 12.1. The summed E-state index contributed by atoms with van der Waals surface area (Å²) in [6.45, 7) is 4.98. The molecule has 0 unspecified atom stereocenters. The van der Waals surface area contributed by atoms with Crippen molar-refractivity contribution in [2.45, 2.75) is 52.0 Å². The lowest BCUT2D eigenvalue weighted by atomic mass is 10.2. The van der Waals surface area contributed by atoms with Crippen molar-refractivity contribution in [1.82, 2.24) is 9.97 Å². The lowest BCUT2D eigenvalue weighted by molar-refractivity contribution is 0.612. The Morgan fingerprint density at radius 2 is 2.06 bits per heavy atom. The maximum Gasteiger partial charge on any atom is 0.132 e. The number of nitrogens with zero attached hydrogens (tertiary/aromatic N) is 3. The molecule has 0 bridgehead atoms. The topological polar surface area (TPSA) is 29.0 Å². The van der Waals surface area contributed by atoms with Crippen LogP contribution in [-0.4, -0.2) is 28.4 Å². The van der Waals surface area contributed by atoms with Crippen molar-refractivity contribution in [3.8, 4) is 0 Å². The van der Waals surface area contributed by atoms with E-state index in [2.05, 4.69) is 27.9 Å². The van der Waals surface area contributed by atoms with Crippen LogP contribution in [0.25, 0.3) is 0 Å². The van der Waals surface area contributed by atoms with Gasteiger partial charge in [-0.15, -0.1) is 11.6 Å². The fourth-order valence-corrected chi connectivity index (χ4v) is 2.91. The highest BCUT2D eigenvalue weighted by Gasteiger charge is 2.23. The van der Waals surface area contributed by atoms with Crippen molar-refractivity contribution in [2.75, 3.05) is 17.3 Å². The zero-order valence-electron chi connectivity index (χ0n) is 11.3. The Hall–Kier alpha value is -0.830. The van der Waals surface area contributed by atoms with Crippen molar-refractivity contribution < 1.29 is 0 Å². The van der Waals surface area contributed by atoms with Gasteiger partial charge in [0.1, 0.15) is 11.6 Å². The van der Waals surface area contributed by atoms with E-state index < -0.39 is 0 Å². The van der Waals surface area contributed by atoms with Crippen LogP contribution in [-0.2, 0) is 6.42 Å². The minimum absolute atomic E-state index is 0.614. The summed E-state index contributed by atoms with van der Waals surface area (Å²) < 4.78 is 0. The van der Waals surface area contributed by atoms with Crippen LogP contribution in [0.1, 0.15) is 44.1 Å². The number of rotatable bonds is 5. The molecule has 0 amide bonds. The molecule has 18 heavy (non-hydrogen) atoms. The normalized spacial score (nSPS) is 16.2. The van der Waals surface area contributed by atoms with Crippen molar-refractivity contribution in [3.63, 3.8) is 0 Å². The first kappa shape index (κ1) is 13.6. The molecule has 1 heterocycles. The van der Waals surface area contributed by atoms with Crippen LogP contribution >= 0.6 is 11.6 Å². The molecule has 3 nitrogen and oxygen atoms in total. The summed E-state index contributed by atoms with van der Waals surface area (Å²) in [5.74, 6) is 2.58. The minimum Gasteiger partial charge on any atom is -0.352 e. The highest BCUT2D eigenvalue weighted by atomic mass is 35.5. The molecule has 0 atom stereocenters. The number of hydrogen-bond donors (Lipinski definition) is 0. The van der Waals surface area contributed by atoms with E-state index in [0.29, 0.717) is 11.9 Å². The van der Waals surface area contributed by atoms with Gasteiger partial charge >= 0.3 is 0 Å². The summed E-state index contributed by atoms with van der Waals surface area (Å²) in [6.07, 6.45) is 6.14. The Labute approximate surface area is 115 Å². The SMILES string of the molecule is CCc1cc(N(CCCl)C2CCCC2)nc(C)n1. The van der Waals surface area contributed by atoms with Crippen molar-refractivity contribution in [3.05, 3.63) is 17.6 Å². The average molecular weight is 268 g/mol. The van der Waals surface area contributed by atoms with Gasteiger partial charge in [-0.3, -0.25) is 0 Å². The third-order valence-electron chi connectivity index (χ3n) is 3.62. The summed E-state index contributed by atoms with van der Waals surface area (Å²) in [4.78, 5) is 11.4. The highest BCUT2D eigenvalue weighted by Crippen LogP contribution is 2.27. The van der Waals surface area contributed by atoms with Gasteiger partial charge in [0.2, 0.25) is 0 Å². The monoisotopic (exact) mass is 267 g/mol. The number of hydrogen-bond acceptors (Lipinski definition) is 3. The van der Waals surface area contributed by atoms with Gasteiger partial charge in [-0.25, -0.2) is 9.97 Å². The number of aromatic nitrogens is 2. The maximum atomic E-state index is 5.95. The smallest absolute Gasteiger partial charge is 0.132 e. The van der Waals surface area contributed by atoms with Gasteiger partial charge in [0, 0.05) is 30.2 Å². The maximum absolute atomic E-state index is 5.95. The van der Waals surface area contributed by atoms with Gasteiger partial charge in [-0.1, -0.05) is 19.8 Å². The van der Waals surface area contributed by atoms with Crippen molar-refractivity contribution in [2.24, 2.45) is 0 Å². The summed E-state index contributed by atoms with van der Waals surface area (Å²) in [5.41, 5.74) is 1.12. The van der Waals surface area contributed by atoms with Gasteiger partial charge in [-0.05, 0) is 26.2 Å². The van der Waals surface area contributed by atoms with E-state index in [1.54, 1.807) is 0 Å². The van der Waals surface area contributed by atoms with Gasteiger partial charge < -0.3 is 4.90 Å². The molecular weight excluding hydrogens is 246 g/mol. The Balaban J connectivity index is 2.25. The van der Waals surface area contributed by atoms with Gasteiger partial charge in [0.15, 0.2) is 0 Å². The first-order chi connectivity index (χ1) is 8.74. The standard InChI is InChI=1S/C14H22ClN3/c1-3-12-10-14(17-11(2)16-12)18(9-8-15)13-6-4-5-7-13/h10,13H,3-9H2,1-2H3. The molecular formula is C14H22ClN3. The molecule has 0 aliphatic heterocycles. The molecule has 1 fully saturated rings. The second-order valence-electron chi connectivity index (χ2n) is 4.94. The average Bonchev–Trinajstić information content (AvgIpc) is 2.88. The molecule has 2 rings (SSSR count). The van der Waals surface area contributed by atoms with Crippen LogP contribution in [0.2, 0.25) is 0 Å². The van der Waals surface area contributed by atoms with E-state index in [0.717, 1.165) is 30.3 Å². The lowest BCUT2D eigenvalue weighted by Crippen LogP contribution is -2.35. The van der Waals surface area contributed by atoms with E-state index in [-0.39, 0.29) is 0 Å². The quantitative estimate of drug-likeness (QED) is 0.767. The molecule has 1 aliphatic rings. The first-order valence-electron chi connectivity index (χ1n) is 6.91. The molecule has 0 aromatic carbocycles. The molecule has 100 valence electrons. The molecule has 0 N–H and O–H groups in total. The molecule has 1 aromatic heterocycles. The largest absolute Gasteiger partial charge is 0.352 e. The number of alkyl halides is 1. The number of halogens is 1. The minimum atomic E-state index is 0.614. The molecule has 1 aliphatic carbocycles. The van der Waals surface area contributed by atoms with E-state index in [1.807, 2.05) is 6.92 Å². The highest BCUT2D eigenvalue weighted by molar-refractivity contribution is 6.18. The Morgan fingerprint density at radius 3 is 2.67 bits per heavy atom. The van der Waals surface area contributed by atoms with Crippen LogP contribution in [0.3, 0.4) is 0 Å². The van der Waals surface area contributed by atoms with E-state index in [4.69, 9.17) is 11.6 Å². The predicted molar refractivity (Wildman–Crippen MR) is 76.5 cm³/mol. The molecule has 0 spiro atoms. The Kier molecular flexibility index (Phi) is 4.81. The van der Waals surface area contributed by atoms with Gasteiger partial charge in [0.05, 0.1) is 0 Å². The van der Waals surface area contributed by atoms with Gasteiger partial charge in [-0.2, -0.15) is 0 Å². The predicted octanol–water partition coefficient (Wildman–Crippen LogP) is 3.34. The molecule has 0 radical (unpaired) electrons. The fourth-order valence-electron chi connectivity index (χ4n) is 2.73. The Bertz CT molecular complexity index is 389. The van der Waals surface area contributed by atoms with E-state index >= 15 is 0 Å². The second kappa shape index (κ2) is 6.37. The van der Waals surface area contributed by atoms with Crippen LogP contribution in [0.5, 0.6) is 0 Å². The molecule has 4 heteroatoms. The number of anilines is 1. The third kappa shape index (κ3) is 3.14. The molecule has 1 saturated carbocycles. The molecule has 1 aromatic rings. The summed E-state index contributed by atoms with van der Waals surface area (Å²) in [7, 11) is 0. The van der Waals surface area contributed by atoms with Crippen LogP contribution < -0.4 is 4.90 Å². The van der Waals surface area contributed by atoms with Crippen molar-refractivity contribution >= 4 is 17.4 Å². The second-order valence-corrected chi connectivity index (χ2v) is 5.32. The van der Waals surface area contributed by atoms with E-state index in [1.165, 1.54) is 25.7 Å². The summed E-state index contributed by atoms with van der Waals surface area (Å²) >= 11 is 5.95. The third-order valence-corrected chi connectivity index (χ3v) is 3.79. The summed E-state index contributed by atoms with van der Waals surface area (Å²) in [5, 5.41) is 0. The first-order valence-corrected chi connectivity index (χ1v) is 7.45. The fraction of sp³-hybridized carbons (Fsp3) is 0.714. The summed E-state index contributed by atoms with van der Waals surface area (Å²) in [6, 6.07) is 2.74. The van der Waals surface area contributed by atoms with Crippen LogP contribution in [0.15, 0.2) is 6.07 Å².